The molecule has 1 aromatic rings. The first-order valence-electron chi connectivity index (χ1n) is 5.24. The molecule has 0 saturated carbocycles. The van der Waals surface area contributed by atoms with E-state index in [2.05, 4.69) is 63.3 Å². The van der Waals surface area contributed by atoms with Crippen LogP contribution in [-0.4, -0.2) is 8.07 Å². The van der Waals surface area contributed by atoms with E-state index in [9.17, 15) is 0 Å². The fourth-order valence-electron chi connectivity index (χ4n) is 2.32. The first-order chi connectivity index (χ1) is 6.44. The van der Waals surface area contributed by atoms with Gasteiger partial charge in [0.15, 0.2) is 0 Å². The minimum Gasteiger partial charge on any atom is -0.0786 e. The molecule has 2 rings (SSSR count). The molecular formula is C13H18Si. The molecule has 0 aliphatic heterocycles. The second kappa shape index (κ2) is 2.83. The number of rotatable bonds is 2. The quantitative estimate of drug-likeness (QED) is 0.646. The van der Waals surface area contributed by atoms with Gasteiger partial charge >= 0.3 is 0 Å². The highest BCUT2D eigenvalue weighted by atomic mass is 28.3. The summed E-state index contributed by atoms with van der Waals surface area (Å²) in [5.74, 6) is 0. The predicted molar refractivity (Wildman–Crippen MR) is 65.4 cm³/mol. The molecule has 0 amide bonds. The third-order valence-electron chi connectivity index (χ3n) is 3.28. The van der Waals surface area contributed by atoms with Crippen LogP contribution >= 0.6 is 0 Å². The van der Waals surface area contributed by atoms with Crippen molar-refractivity contribution in [3.05, 3.63) is 41.6 Å². The second-order valence-corrected chi connectivity index (χ2v) is 9.64. The molecule has 14 heavy (non-hydrogen) atoms. The first kappa shape index (κ1) is 9.72. The highest BCUT2D eigenvalue weighted by Crippen LogP contribution is 2.47. The Labute approximate surface area is 87.7 Å². The van der Waals surface area contributed by atoms with Crippen molar-refractivity contribution in [3.8, 4) is 0 Å². The molecular weight excluding hydrogens is 184 g/mol. The van der Waals surface area contributed by atoms with Gasteiger partial charge in [0.1, 0.15) is 8.07 Å². The van der Waals surface area contributed by atoms with E-state index in [0.717, 1.165) is 0 Å². The van der Waals surface area contributed by atoms with Crippen molar-refractivity contribution >= 4 is 13.3 Å². The van der Waals surface area contributed by atoms with E-state index in [4.69, 9.17) is 0 Å². The van der Waals surface area contributed by atoms with Gasteiger partial charge in [-0.25, -0.2) is 0 Å². The van der Waals surface area contributed by atoms with Crippen LogP contribution in [0.15, 0.2) is 41.6 Å². The topological polar surface area (TPSA) is 0 Å². The molecule has 1 aromatic carbocycles. The lowest BCUT2D eigenvalue weighted by Crippen LogP contribution is -2.42. The Balaban J connectivity index is 2.31. The van der Waals surface area contributed by atoms with E-state index in [1.54, 1.807) is 10.4 Å². The van der Waals surface area contributed by atoms with Crippen LogP contribution in [-0.2, 0) is 0 Å². The molecule has 0 nitrogen and oxygen atoms in total. The number of benzene rings is 1. The standard InChI is InChI=1S/C13H18Si/c1-13(2)10-12(13)14(3,4)11-8-6-5-7-9-11/h5-10H,1-4H3. The summed E-state index contributed by atoms with van der Waals surface area (Å²) in [5, 5.41) is 3.26. The third kappa shape index (κ3) is 1.46. The van der Waals surface area contributed by atoms with Crippen LogP contribution in [0.3, 0.4) is 0 Å². The normalized spacial score (nSPS) is 19.0. The van der Waals surface area contributed by atoms with E-state index in [1.807, 2.05) is 0 Å². The van der Waals surface area contributed by atoms with Crippen LogP contribution in [0.1, 0.15) is 13.8 Å². The Morgan fingerprint density at radius 1 is 1.00 bits per heavy atom. The molecule has 0 atom stereocenters. The lowest BCUT2D eigenvalue weighted by atomic mass is 10.1. The molecule has 0 heterocycles. The van der Waals surface area contributed by atoms with Crippen molar-refractivity contribution in [1.82, 2.24) is 0 Å². The summed E-state index contributed by atoms with van der Waals surface area (Å²) in [6.45, 7) is 9.53. The maximum Gasteiger partial charge on any atom is 0.108 e. The number of allylic oxidation sites excluding steroid dienone is 2. The second-order valence-electron chi connectivity index (χ2n) is 5.27. The summed E-state index contributed by atoms with van der Waals surface area (Å²) in [6.07, 6.45) is 2.44. The smallest absolute Gasteiger partial charge is 0.0786 e. The molecule has 0 spiro atoms. The van der Waals surface area contributed by atoms with Crippen LogP contribution in [0.4, 0.5) is 0 Å². The van der Waals surface area contributed by atoms with Crippen molar-refractivity contribution in [1.29, 1.82) is 0 Å². The zero-order valence-electron chi connectivity index (χ0n) is 9.46. The van der Waals surface area contributed by atoms with E-state index in [0.29, 0.717) is 5.41 Å². The fourth-order valence-corrected chi connectivity index (χ4v) is 5.99. The predicted octanol–water partition coefficient (Wildman–Crippen LogP) is 3.11. The number of hydrogen-bond donors (Lipinski definition) is 0. The Bertz CT molecular complexity index is 371. The zero-order valence-corrected chi connectivity index (χ0v) is 10.5. The van der Waals surface area contributed by atoms with Crippen LogP contribution in [0.2, 0.25) is 13.1 Å². The minimum absolute atomic E-state index is 0.408. The van der Waals surface area contributed by atoms with E-state index >= 15 is 0 Å². The van der Waals surface area contributed by atoms with E-state index in [1.165, 1.54) is 0 Å². The SMILES string of the molecule is CC1(C)C=C1[Si](C)(C)c1ccccc1. The van der Waals surface area contributed by atoms with Gasteiger partial charge in [-0.3, -0.25) is 0 Å². The molecule has 0 fully saturated rings. The average Bonchev–Trinajstić information content (AvgIpc) is 2.78. The van der Waals surface area contributed by atoms with Gasteiger partial charge in [-0.05, 0) is 0 Å². The zero-order chi connectivity index (χ0) is 10.4. The first-order valence-corrected chi connectivity index (χ1v) is 8.24. The van der Waals surface area contributed by atoms with Crippen molar-refractivity contribution in [2.75, 3.05) is 0 Å². The molecule has 0 saturated heterocycles. The summed E-state index contributed by atoms with van der Waals surface area (Å²) < 4.78 is 0. The van der Waals surface area contributed by atoms with Crippen LogP contribution in [0.25, 0.3) is 0 Å². The summed E-state index contributed by atoms with van der Waals surface area (Å²) in [4.78, 5) is 0. The van der Waals surface area contributed by atoms with Crippen molar-refractivity contribution in [3.63, 3.8) is 0 Å². The molecule has 1 aliphatic carbocycles. The van der Waals surface area contributed by atoms with Gasteiger partial charge in [-0.1, -0.05) is 73.7 Å². The van der Waals surface area contributed by atoms with Gasteiger partial charge in [0.05, 0.1) is 0 Å². The van der Waals surface area contributed by atoms with Crippen LogP contribution < -0.4 is 5.19 Å². The summed E-state index contributed by atoms with van der Waals surface area (Å²) in [5.41, 5.74) is 0.408. The molecule has 0 N–H and O–H groups in total. The highest BCUT2D eigenvalue weighted by molar-refractivity contribution is 6.96. The Kier molecular flexibility index (Phi) is 1.97. The molecule has 74 valence electrons. The molecule has 0 bridgehead atoms. The molecule has 1 aliphatic rings. The van der Waals surface area contributed by atoms with Gasteiger partial charge in [-0.2, -0.15) is 0 Å². The molecule has 1 heteroatoms. The molecule has 0 aromatic heterocycles. The van der Waals surface area contributed by atoms with Gasteiger partial charge in [0, 0.05) is 5.41 Å². The number of hydrogen-bond acceptors (Lipinski definition) is 0. The van der Waals surface area contributed by atoms with Crippen LogP contribution in [0, 0.1) is 5.41 Å². The lowest BCUT2D eigenvalue weighted by Gasteiger charge is -2.23. The van der Waals surface area contributed by atoms with Crippen molar-refractivity contribution in [2.24, 2.45) is 5.41 Å². The minimum atomic E-state index is -1.32. The van der Waals surface area contributed by atoms with E-state index < -0.39 is 8.07 Å². The van der Waals surface area contributed by atoms with Crippen molar-refractivity contribution < 1.29 is 0 Å². The maximum absolute atomic E-state index is 2.45. The monoisotopic (exact) mass is 202 g/mol. The highest BCUT2D eigenvalue weighted by Gasteiger charge is 2.45. The Morgan fingerprint density at radius 2 is 1.50 bits per heavy atom. The Morgan fingerprint density at radius 3 is 1.93 bits per heavy atom. The summed E-state index contributed by atoms with van der Waals surface area (Å²) in [6, 6.07) is 11.0. The van der Waals surface area contributed by atoms with Gasteiger partial charge in [-0.15, -0.1) is 0 Å². The van der Waals surface area contributed by atoms with Gasteiger partial charge < -0.3 is 0 Å². The maximum atomic E-state index is 2.45. The largest absolute Gasteiger partial charge is 0.108 e. The third-order valence-corrected chi connectivity index (χ3v) is 7.20. The van der Waals surface area contributed by atoms with Crippen molar-refractivity contribution in [2.45, 2.75) is 26.9 Å². The Hall–Kier alpha value is -0.823. The van der Waals surface area contributed by atoms with Gasteiger partial charge in [0.25, 0.3) is 0 Å². The van der Waals surface area contributed by atoms with E-state index in [-0.39, 0.29) is 0 Å². The lowest BCUT2D eigenvalue weighted by molar-refractivity contribution is 0.718. The summed E-state index contributed by atoms with van der Waals surface area (Å²) >= 11 is 0. The van der Waals surface area contributed by atoms with Gasteiger partial charge in [0.2, 0.25) is 0 Å². The molecule has 0 unspecified atom stereocenters. The van der Waals surface area contributed by atoms with Crippen LogP contribution in [0.5, 0.6) is 0 Å². The average molecular weight is 202 g/mol. The summed E-state index contributed by atoms with van der Waals surface area (Å²) in [7, 11) is -1.32. The fraction of sp³-hybridized carbons (Fsp3) is 0.385. The molecule has 0 radical (unpaired) electrons.